The predicted octanol–water partition coefficient (Wildman–Crippen LogP) is 4.67. The van der Waals surface area contributed by atoms with Gasteiger partial charge in [-0.3, -0.25) is 0 Å². The zero-order chi connectivity index (χ0) is 19.9. The molecule has 9 heteroatoms. The molecule has 2 N–H and O–H groups in total. The third-order valence-corrected chi connectivity index (χ3v) is 3.96. The second-order valence-corrected chi connectivity index (χ2v) is 5.57. The number of carbonyl (C=O) groups is 1. The average molecular weight is 378 g/mol. The number of alkyl halides is 6. The molecule has 0 aromatic heterocycles. The molecule has 2 rings (SSSR count). The van der Waals surface area contributed by atoms with Crippen molar-refractivity contribution in [2.75, 3.05) is 0 Å². The summed E-state index contributed by atoms with van der Waals surface area (Å²) in [6.45, 7) is 1.26. The highest BCUT2D eigenvalue weighted by Crippen LogP contribution is 2.51. The van der Waals surface area contributed by atoms with Crippen LogP contribution >= 0.6 is 0 Å². The van der Waals surface area contributed by atoms with Crippen LogP contribution in [0, 0.1) is 6.92 Å². The lowest BCUT2D eigenvalue weighted by Crippen LogP contribution is -2.54. The first-order valence-corrected chi connectivity index (χ1v) is 7.10. The lowest BCUT2D eigenvalue weighted by atomic mass is 9.85. The Hall–Kier alpha value is -2.55. The molecule has 2 aromatic carbocycles. The van der Waals surface area contributed by atoms with Crippen LogP contribution in [0.4, 0.5) is 26.3 Å². The molecule has 0 amide bonds. The molecule has 26 heavy (non-hydrogen) atoms. The van der Waals surface area contributed by atoms with E-state index in [2.05, 4.69) is 0 Å². The van der Waals surface area contributed by atoms with Crippen LogP contribution in [0.25, 0.3) is 11.1 Å². The van der Waals surface area contributed by atoms with E-state index in [1.807, 2.05) is 0 Å². The Labute approximate surface area is 143 Å². The standard InChI is InChI=1S/C17H12F6O3/c1-9-12(10-5-3-2-4-6-10)7-11(8-13(9)14(24)25)15(26,16(18,19)20)17(21,22)23/h2-8,26H,1H3,(H,24,25). The van der Waals surface area contributed by atoms with Crippen molar-refractivity contribution in [3.63, 3.8) is 0 Å². The second-order valence-electron chi connectivity index (χ2n) is 5.57. The van der Waals surface area contributed by atoms with E-state index in [1.165, 1.54) is 31.2 Å². The molecule has 0 aliphatic heterocycles. The molecule has 0 atom stereocenters. The Morgan fingerprint density at radius 2 is 1.42 bits per heavy atom. The van der Waals surface area contributed by atoms with Crippen molar-refractivity contribution < 1.29 is 41.4 Å². The number of hydrogen-bond acceptors (Lipinski definition) is 2. The fraction of sp³-hybridized carbons (Fsp3) is 0.235. The highest BCUT2D eigenvalue weighted by atomic mass is 19.4. The molecule has 0 unspecified atom stereocenters. The lowest BCUT2D eigenvalue weighted by Gasteiger charge is -2.33. The Kier molecular flexibility index (Phi) is 4.80. The van der Waals surface area contributed by atoms with Gasteiger partial charge in [0.2, 0.25) is 0 Å². The van der Waals surface area contributed by atoms with Gasteiger partial charge in [0.15, 0.2) is 0 Å². The number of aromatic carboxylic acids is 1. The molecule has 0 spiro atoms. The summed E-state index contributed by atoms with van der Waals surface area (Å²) in [6.07, 6.45) is -12.2. The van der Waals surface area contributed by atoms with E-state index >= 15 is 0 Å². The van der Waals surface area contributed by atoms with Gasteiger partial charge in [0.1, 0.15) is 0 Å². The number of aliphatic hydroxyl groups is 1. The van der Waals surface area contributed by atoms with Crippen LogP contribution in [0.3, 0.4) is 0 Å². The fourth-order valence-electron chi connectivity index (χ4n) is 2.55. The minimum absolute atomic E-state index is 0.0286. The fourth-order valence-corrected chi connectivity index (χ4v) is 2.55. The maximum atomic E-state index is 13.1. The Morgan fingerprint density at radius 3 is 1.85 bits per heavy atom. The van der Waals surface area contributed by atoms with Crippen molar-refractivity contribution in [2.45, 2.75) is 24.9 Å². The van der Waals surface area contributed by atoms with Gasteiger partial charge >= 0.3 is 18.3 Å². The van der Waals surface area contributed by atoms with E-state index in [1.54, 1.807) is 6.07 Å². The smallest absolute Gasteiger partial charge is 0.430 e. The first kappa shape index (κ1) is 19.8. The van der Waals surface area contributed by atoms with Crippen molar-refractivity contribution in [3.8, 4) is 11.1 Å². The molecule has 3 nitrogen and oxygen atoms in total. The normalized spacial score (nSPS) is 12.9. The minimum Gasteiger partial charge on any atom is -0.478 e. The molecule has 0 saturated carbocycles. The summed E-state index contributed by atoms with van der Waals surface area (Å²) in [5, 5.41) is 18.8. The molecule has 0 heterocycles. The second kappa shape index (κ2) is 6.31. The first-order valence-electron chi connectivity index (χ1n) is 7.10. The molecule has 0 aliphatic rings. The molecule has 0 radical (unpaired) electrons. The van der Waals surface area contributed by atoms with Crippen LogP contribution < -0.4 is 0 Å². The highest BCUT2D eigenvalue weighted by molar-refractivity contribution is 5.92. The lowest BCUT2D eigenvalue weighted by molar-refractivity contribution is -0.376. The number of carboxylic acid groups (broad SMARTS) is 1. The van der Waals surface area contributed by atoms with Crippen LogP contribution in [0.2, 0.25) is 0 Å². The molecule has 0 bridgehead atoms. The van der Waals surface area contributed by atoms with Gasteiger partial charge in [-0.05, 0) is 35.7 Å². The van der Waals surface area contributed by atoms with E-state index in [-0.39, 0.29) is 22.8 Å². The van der Waals surface area contributed by atoms with Gasteiger partial charge < -0.3 is 10.2 Å². The number of hydrogen-bond donors (Lipinski definition) is 2. The van der Waals surface area contributed by atoms with Crippen LogP contribution in [0.1, 0.15) is 21.5 Å². The van der Waals surface area contributed by atoms with Crippen molar-refractivity contribution in [1.29, 1.82) is 0 Å². The van der Waals surface area contributed by atoms with Crippen molar-refractivity contribution in [3.05, 3.63) is 59.2 Å². The number of carboxylic acids is 1. The van der Waals surface area contributed by atoms with Gasteiger partial charge in [-0.1, -0.05) is 30.3 Å². The van der Waals surface area contributed by atoms with Crippen molar-refractivity contribution in [1.82, 2.24) is 0 Å². The molecule has 2 aromatic rings. The highest BCUT2D eigenvalue weighted by Gasteiger charge is 2.71. The molecular weight excluding hydrogens is 366 g/mol. The molecule has 140 valence electrons. The third kappa shape index (κ3) is 3.14. The van der Waals surface area contributed by atoms with Crippen molar-refractivity contribution >= 4 is 5.97 Å². The minimum atomic E-state index is -6.11. The zero-order valence-corrected chi connectivity index (χ0v) is 13.1. The summed E-state index contributed by atoms with van der Waals surface area (Å²) >= 11 is 0. The van der Waals surface area contributed by atoms with E-state index in [0.29, 0.717) is 6.07 Å². The van der Waals surface area contributed by atoms with Gasteiger partial charge in [-0.15, -0.1) is 0 Å². The van der Waals surface area contributed by atoms with E-state index in [0.717, 1.165) is 0 Å². The van der Waals surface area contributed by atoms with Gasteiger partial charge in [-0.2, -0.15) is 26.3 Å². The quantitative estimate of drug-likeness (QED) is 0.763. The number of halogens is 6. The molecular formula is C17H12F6O3. The topological polar surface area (TPSA) is 57.5 Å². The van der Waals surface area contributed by atoms with E-state index < -0.39 is 35.0 Å². The number of benzene rings is 2. The summed E-state index contributed by atoms with van der Waals surface area (Å²) in [6, 6.07) is 8.06. The van der Waals surface area contributed by atoms with Crippen LogP contribution in [-0.4, -0.2) is 28.5 Å². The molecule has 0 fully saturated rings. The van der Waals surface area contributed by atoms with Crippen molar-refractivity contribution in [2.24, 2.45) is 0 Å². The van der Waals surface area contributed by atoms with Crippen LogP contribution in [-0.2, 0) is 5.60 Å². The summed E-state index contributed by atoms with van der Waals surface area (Å²) in [7, 11) is 0. The van der Waals surface area contributed by atoms with Gasteiger partial charge in [-0.25, -0.2) is 4.79 Å². The van der Waals surface area contributed by atoms with Crippen LogP contribution in [0.5, 0.6) is 0 Å². The SMILES string of the molecule is Cc1c(C(=O)O)cc(C(O)(C(F)(F)F)C(F)(F)F)cc1-c1ccccc1. The maximum absolute atomic E-state index is 13.1. The van der Waals surface area contributed by atoms with Gasteiger partial charge in [0.25, 0.3) is 5.60 Å². The summed E-state index contributed by atoms with van der Waals surface area (Å²) < 4.78 is 78.8. The Morgan fingerprint density at radius 1 is 0.923 bits per heavy atom. The largest absolute Gasteiger partial charge is 0.478 e. The molecule has 0 aliphatic carbocycles. The molecule has 0 saturated heterocycles. The summed E-state index contributed by atoms with van der Waals surface area (Å²) in [5.41, 5.74) is -7.57. The first-order chi connectivity index (χ1) is 11.8. The number of rotatable bonds is 3. The van der Waals surface area contributed by atoms with Crippen LogP contribution in [0.15, 0.2) is 42.5 Å². The van der Waals surface area contributed by atoms with Gasteiger partial charge in [0.05, 0.1) is 5.56 Å². The average Bonchev–Trinajstić information content (AvgIpc) is 2.52. The maximum Gasteiger partial charge on any atom is 0.430 e. The van der Waals surface area contributed by atoms with Gasteiger partial charge in [0, 0.05) is 5.56 Å². The summed E-state index contributed by atoms with van der Waals surface area (Å²) in [4.78, 5) is 11.3. The van der Waals surface area contributed by atoms with E-state index in [4.69, 9.17) is 0 Å². The van der Waals surface area contributed by atoms with E-state index in [9.17, 15) is 41.4 Å². The monoisotopic (exact) mass is 378 g/mol. The Bertz CT molecular complexity index is 811. The predicted molar refractivity (Wildman–Crippen MR) is 79.6 cm³/mol. The summed E-state index contributed by atoms with van der Waals surface area (Å²) in [5.74, 6) is -1.71. The zero-order valence-electron chi connectivity index (χ0n) is 13.1. The third-order valence-electron chi connectivity index (χ3n) is 3.96. The Balaban J connectivity index is 2.89.